The zero-order valence-electron chi connectivity index (χ0n) is 17.2. The standard InChI is InChI=1S/C24H28N4O2/c1-25-24(30)22(17-8-3-2-4-9-17)28-15-7-12-21(28)23(29)26-14-13-18-16-27-20-11-6-5-10-19(18)20/h2-6,8-11,16,21-22,27H,7,12-15H2,1H3,(H,25,30)(H,26,29). The van der Waals surface area contributed by atoms with Gasteiger partial charge in [0, 0.05) is 37.2 Å². The van der Waals surface area contributed by atoms with E-state index in [1.165, 1.54) is 10.9 Å². The van der Waals surface area contributed by atoms with Crippen LogP contribution in [-0.2, 0) is 16.0 Å². The molecule has 0 saturated carbocycles. The third-order valence-electron chi connectivity index (χ3n) is 5.91. The summed E-state index contributed by atoms with van der Waals surface area (Å²) in [4.78, 5) is 31.0. The van der Waals surface area contributed by atoms with Crippen molar-refractivity contribution in [2.24, 2.45) is 0 Å². The molecular weight excluding hydrogens is 376 g/mol. The first-order valence-electron chi connectivity index (χ1n) is 10.5. The van der Waals surface area contributed by atoms with Gasteiger partial charge in [-0.15, -0.1) is 0 Å². The maximum atomic E-state index is 13.0. The van der Waals surface area contributed by atoms with Crippen LogP contribution in [0.3, 0.4) is 0 Å². The third kappa shape index (κ3) is 4.09. The lowest BCUT2D eigenvalue weighted by Gasteiger charge is -2.31. The number of hydrogen-bond acceptors (Lipinski definition) is 3. The molecule has 6 nitrogen and oxygen atoms in total. The Morgan fingerprint density at radius 3 is 2.70 bits per heavy atom. The van der Waals surface area contributed by atoms with E-state index in [1.54, 1.807) is 7.05 Å². The summed E-state index contributed by atoms with van der Waals surface area (Å²) in [7, 11) is 1.64. The van der Waals surface area contributed by atoms with Crippen molar-refractivity contribution in [3.05, 3.63) is 71.9 Å². The smallest absolute Gasteiger partial charge is 0.241 e. The summed E-state index contributed by atoms with van der Waals surface area (Å²) in [6, 6.07) is 17.1. The second kappa shape index (κ2) is 9.13. The molecule has 30 heavy (non-hydrogen) atoms. The first kappa shape index (κ1) is 20.2. The van der Waals surface area contributed by atoms with E-state index in [2.05, 4.69) is 27.8 Å². The molecule has 1 aliphatic rings. The molecule has 3 N–H and O–H groups in total. The van der Waals surface area contributed by atoms with E-state index < -0.39 is 6.04 Å². The molecule has 3 aromatic rings. The summed E-state index contributed by atoms with van der Waals surface area (Å²) < 4.78 is 0. The predicted molar refractivity (Wildman–Crippen MR) is 118 cm³/mol. The zero-order chi connectivity index (χ0) is 20.9. The number of benzene rings is 2. The Morgan fingerprint density at radius 2 is 1.90 bits per heavy atom. The largest absolute Gasteiger partial charge is 0.361 e. The molecule has 2 amide bonds. The van der Waals surface area contributed by atoms with Gasteiger partial charge in [0.1, 0.15) is 6.04 Å². The van der Waals surface area contributed by atoms with Crippen LogP contribution in [0.15, 0.2) is 60.8 Å². The molecule has 0 spiro atoms. The van der Waals surface area contributed by atoms with Gasteiger partial charge in [-0.2, -0.15) is 0 Å². The Hall–Kier alpha value is -3.12. The van der Waals surface area contributed by atoms with Gasteiger partial charge >= 0.3 is 0 Å². The number of nitrogens with zero attached hydrogens (tertiary/aromatic N) is 1. The van der Waals surface area contributed by atoms with Crippen LogP contribution in [0.1, 0.15) is 30.0 Å². The van der Waals surface area contributed by atoms with Crippen molar-refractivity contribution in [2.75, 3.05) is 20.1 Å². The van der Waals surface area contributed by atoms with Gasteiger partial charge in [0.15, 0.2) is 0 Å². The van der Waals surface area contributed by atoms with Crippen molar-refractivity contribution >= 4 is 22.7 Å². The maximum absolute atomic E-state index is 13.0. The molecular formula is C24H28N4O2. The summed E-state index contributed by atoms with van der Waals surface area (Å²) in [5, 5.41) is 7.05. The first-order valence-corrected chi connectivity index (χ1v) is 10.5. The van der Waals surface area contributed by atoms with Crippen LogP contribution >= 0.6 is 0 Å². The van der Waals surface area contributed by atoms with Gasteiger partial charge in [0.05, 0.1) is 6.04 Å². The number of amides is 2. The van der Waals surface area contributed by atoms with Crippen LogP contribution in [0.4, 0.5) is 0 Å². The Labute approximate surface area is 176 Å². The molecule has 6 heteroatoms. The van der Waals surface area contributed by atoms with Crippen LogP contribution in [0.2, 0.25) is 0 Å². The molecule has 156 valence electrons. The van der Waals surface area contributed by atoms with Gasteiger partial charge in [0.25, 0.3) is 0 Å². The minimum absolute atomic E-state index is 0.00262. The Morgan fingerprint density at radius 1 is 1.13 bits per heavy atom. The second-order valence-corrected chi connectivity index (χ2v) is 7.72. The van der Waals surface area contributed by atoms with Gasteiger partial charge in [-0.05, 0) is 36.5 Å². The number of nitrogens with one attached hydrogen (secondary N) is 3. The highest BCUT2D eigenvalue weighted by Gasteiger charge is 2.38. The number of carbonyl (C=O) groups excluding carboxylic acids is 2. The summed E-state index contributed by atoms with van der Waals surface area (Å²) in [6.45, 7) is 1.30. The minimum atomic E-state index is -0.455. The molecule has 0 radical (unpaired) electrons. The van der Waals surface area contributed by atoms with E-state index in [9.17, 15) is 9.59 Å². The summed E-state index contributed by atoms with van der Waals surface area (Å²) in [5.74, 6) is -0.0862. The van der Waals surface area contributed by atoms with Gasteiger partial charge in [-0.3, -0.25) is 14.5 Å². The van der Waals surface area contributed by atoms with Crippen molar-refractivity contribution < 1.29 is 9.59 Å². The molecule has 1 aromatic heterocycles. The molecule has 0 aliphatic carbocycles. The lowest BCUT2D eigenvalue weighted by molar-refractivity contribution is -0.131. The molecule has 2 atom stereocenters. The van der Waals surface area contributed by atoms with Gasteiger partial charge < -0.3 is 15.6 Å². The number of fused-ring (bicyclic) bond motifs is 1. The summed E-state index contributed by atoms with van der Waals surface area (Å²) >= 11 is 0. The number of hydrogen-bond donors (Lipinski definition) is 3. The van der Waals surface area contributed by atoms with Crippen molar-refractivity contribution in [1.29, 1.82) is 0 Å². The fraction of sp³-hybridized carbons (Fsp3) is 0.333. The molecule has 1 aliphatic heterocycles. The fourth-order valence-electron chi connectivity index (χ4n) is 4.42. The van der Waals surface area contributed by atoms with Crippen LogP contribution < -0.4 is 10.6 Å². The number of para-hydroxylation sites is 1. The summed E-state index contributed by atoms with van der Waals surface area (Å²) in [6.07, 6.45) is 4.44. The van der Waals surface area contributed by atoms with Crippen LogP contribution in [-0.4, -0.2) is 47.9 Å². The lowest BCUT2D eigenvalue weighted by atomic mass is 10.0. The van der Waals surface area contributed by atoms with E-state index >= 15 is 0 Å². The van der Waals surface area contributed by atoms with Crippen molar-refractivity contribution in [2.45, 2.75) is 31.3 Å². The highest BCUT2D eigenvalue weighted by Crippen LogP contribution is 2.30. The van der Waals surface area contributed by atoms with Crippen LogP contribution in [0.5, 0.6) is 0 Å². The number of likely N-dealkylation sites (N-methyl/N-ethyl adjacent to an activating group) is 1. The molecule has 4 rings (SSSR count). The topological polar surface area (TPSA) is 77.2 Å². The zero-order valence-corrected chi connectivity index (χ0v) is 17.2. The molecule has 0 bridgehead atoms. The Kier molecular flexibility index (Phi) is 6.14. The van der Waals surface area contributed by atoms with Crippen molar-refractivity contribution in [3.8, 4) is 0 Å². The molecule has 1 saturated heterocycles. The average Bonchev–Trinajstić information content (AvgIpc) is 3.42. The van der Waals surface area contributed by atoms with Gasteiger partial charge in [0.2, 0.25) is 11.8 Å². The monoisotopic (exact) mass is 404 g/mol. The maximum Gasteiger partial charge on any atom is 0.241 e. The Bertz CT molecular complexity index is 1010. The average molecular weight is 405 g/mol. The molecule has 2 heterocycles. The third-order valence-corrected chi connectivity index (χ3v) is 5.91. The molecule has 2 unspecified atom stereocenters. The van der Waals surface area contributed by atoms with Crippen LogP contribution in [0, 0.1) is 0 Å². The van der Waals surface area contributed by atoms with Gasteiger partial charge in [-0.25, -0.2) is 0 Å². The van der Waals surface area contributed by atoms with Gasteiger partial charge in [-0.1, -0.05) is 48.5 Å². The van der Waals surface area contributed by atoms with Crippen molar-refractivity contribution in [1.82, 2.24) is 20.5 Å². The highest BCUT2D eigenvalue weighted by atomic mass is 16.2. The van der Waals surface area contributed by atoms with E-state index in [-0.39, 0.29) is 17.9 Å². The fourth-order valence-corrected chi connectivity index (χ4v) is 4.42. The number of rotatable bonds is 7. The number of H-pyrrole nitrogens is 1. The summed E-state index contributed by atoms with van der Waals surface area (Å²) in [5.41, 5.74) is 3.22. The van der Waals surface area contributed by atoms with E-state index in [0.717, 1.165) is 36.9 Å². The van der Waals surface area contributed by atoms with Crippen LogP contribution in [0.25, 0.3) is 10.9 Å². The van der Waals surface area contributed by atoms with E-state index in [1.807, 2.05) is 53.6 Å². The van der Waals surface area contributed by atoms with Crippen molar-refractivity contribution in [3.63, 3.8) is 0 Å². The predicted octanol–water partition coefficient (Wildman–Crippen LogP) is 2.78. The minimum Gasteiger partial charge on any atom is -0.361 e. The van der Waals surface area contributed by atoms with E-state index in [0.29, 0.717) is 6.54 Å². The molecule has 1 fully saturated rings. The molecule has 2 aromatic carbocycles. The quantitative estimate of drug-likeness (QED) is 0.567. The number of carbonyl (C=O) groups is 2. The normalized spacial score (nSPS) is 17.7. The lowest BCUT2D eigenvalue weighted by Crippen LogP contribution is -2.48. The first-order chi connectivity index (χ1) is 14.7. The number of aromatic amines is 1. The number of aromatic nitrogens is 1. The SMILES string of the molecule is CNC(=O)C(c1ccccc1)N1CCCC1C(=O)NCCc1c[nH]c2ccccc12. The van der Waals surface area contributed by atoms with E-state index in [4.69, 9.17) is 0 Å². The number of likely N-dealkylation sites (tertiary alicyclic amines) is 1. The Balaban J connectivity index is 1.43. The highest BCUT2D eigenvalue weighted by molar-refractivity contribution is 5.86. The second-order valence-electron chi connectivity index (χ2n) is 7.72.